The third-order valence-corrected chi connectivity index (χ3v) is 8.60. The molecule has 1 aromatic rings. The number of amides is 2. The number of fused-ring (bicyclic) bond motifs is 2. The number of likely N-dealkylation sites (tertiary alicyclic amines) is 2. The molecule has 5 rings (SSSR count). The van der Waals surface area contributed by atoms with Crippen molar-refractivity contribution in [3.63, 3.8) is 0 Å². The minimum atomic E-state index is -3.86. The molecule has 2 saturated heterocycles. The van der Waals surface area contributed by atoms with Crippen LogP contribution >= 0.6 is 0 Å². The maximum absolute atomic E-state index is 12.4. The van der Waals surface area contributed by atoms with Crippen LogP contribution in [0.1, 0.15) is 47.9 Å². The molecule has 33 heavy (non-hydrogen) atoms. The van der Waals surface area contributed by atoms with Crippen LogP contribution in [-0.2, 0) is 35.9 Å². The van der Waals surface area contributed by atoms with Gasteiger partial charge in [0.2, 0.25) is 0 Å². The van der Waals surface area contributed by atoms with Crippen molar-refractivity contribution in [2.45, 2.75) is 63.5 Å². The van der Waals surface area contributed by atoms with Crippen molar-refractivity contribution >= 4 is 21.9 Å². The fraction of sp³-hybridized carbons (Fsp3) is 0.696. The number of nitrogens with zero attached hydrogens (tertiary/aromatic N) is 2. The number of benzene rings is 1. The van der Waals surface area contributed by atoms with E-state index in [2.05, 4.69) is 37.7 Å². The first-order valence-corrected chi connectivity index (χ1v) is 13.6. The Balaban J connectivity index is 0.000000318. The van der Waals surface area contributed by atoms with Gasteiger partial charge in [0.15, 0.2) is 0 Å². The van der Waals surface area contributed by atoms with Gasteiger partial charge >= 0.3 is 16.2 Å². The summed E-state index contributed by atoms with van der Waals surface area (Å²) in [6.07, 6.45) is 8.39. The number of nitrogens with two attached hydrogens (primary N) is 1. The third kappa shape index (κ3) is 5.68. The lowest BCUT2D eigenvalue weighted by Crippen LogP contribution is -2.53. The molecule has 2 aliphatic heterocycles. The summed E-state index contributed by atoms with van der Waals surface area (Å²) in [5.41, 5.74) is 11.2. The smallest absolute Gasteiger partial charge is 0.329 e. The van der Waals surface area contributed by atoms with E-state index < -0.39 is 16.2 Å². The molecule has 2 amide bonds. The number of hydrogen-bond acceptors (Lipinski definition) is 6. The van der Waals surface area contributed by atoms with E-state index in [-0.39, 0.29) is 6.04 Å². The molecular formula is C23H38N6O3S. The number of carbonyl (C=O) groups excluding carboxylic acids is 1. The van der Waals surface area contributed by atoms with E-state index in [1.165, 1.54) is 35.2 Å². The van der Waals surface area contributed by atoms with Crippen molar-refractivity contribution in [1.82, 2.24) is 19.2 Å². The second-order valence-corrected chi connectivity index (χ2v) is 11.2. The maximum atomic E-state index is 12.4. The van der Waals surface area contributed by atoms with Gasteiger partial charge in [-0.05, 0) is 101 Å². The van der Waals surface area contributed by atoms with E-state index in [0.29, 0.717) is 12.6 Å². The van der Waals surface area contributed by atoms with Crippen molar-refractivity contribution in [1.29, 1.82) is 0 Å². The van der Waals surface area contributed by atoms with E-state index in [1.807, 2.05) is 7.05 Å². The van der Waals surface area contributed by atoms with Gasteiger partial charge in [0.05, 0.1) is 0 Å². The normalized spacial score (nSPS) is 24.1. The number of likely N-dealkylation sites (N-methyl/N-ethyl adjacent to an activating group) is 2. The first kappa shape index (κ1) is 24.4. The number of rotatable bonds is 6. The largest absolute Gasteiger partial charge is 0.333 e. The van der Waals surface area contributed by atoms with E-state index in [0.717, 1.165) is 63.7 Å². The summed E-state index contributed by atoms with van der Waals surface area (Å²) in [4.78, 5) is 16.7. The van der Waals surface area contributed by atoms with Crippen LogP contribution < -0.4 is 20.5 Å². The zero-order chi connectivity index (χ0) is 23.6. The van der Waals surface area contributed by atoms with E-state index in [1.54, 1.807) is 0 Å². The Hall–Kier alpha value is -1.72. The fourth-order valence-corrected chi connectivity index (χ4v) is 5.94. The molecule has 2 aliphatic carbocycles. The van der Waals surface area contributed by atoms with Gasteiger partial charge in [-0.2, -0.15) is 13.1 Å². The van der Waals surface area contributed by atoms with Crippen LogP contribution in [0.25, 0.3) is 0 Å². The Kier molecular flexibility index (Phi) is 7.59. The zero-order valence-electron chi connectivity index (χ0n) is 19.8. The molecule has 0 aromatic heterocycles. The van der Waals surface area contributed by atoms with Crippen molar-refractivity contribution in [2.75, 3.05) is 45.6 Å². The molecule has 184 valence electrons. The lowest BCUT2D eigenvalue weighted by atomic mass is 9.99. The quantitative estimate of drug-likeness (QED) is 0.484. The van der Waals surface area contributed by atoms with Crippen LogP contribution in [0, 0.1) is 0 Å². The molecule has 0 radical (unpaired) electrons. The molecule has 2 heterocycles. The van der Waals surface area contributed by atoms with Crippen LogP contribution in [0.3, 0.4) is 0 Å². The highest BCUT2D eigenvalue weighted by Crippen LogP contribution is 2.38. The summed E-state index contributed by atoms with van der Waals surface area (Å²) in [5, 5.41) is 2.84. The molecule has 5 N–H and O–H groups in total. The van der Waals surface area contributed by atoms with Gasteiger partial charge in [-0.3, -0.25) is 0 Å². The monoisotopic (exact) mass is 478 g/mol. The Morgan fingerprint density at radius 3 is 2.00 bits per heavy atom. The molecule has 0 bridgehead atoms. The molecule has 0 saturated carbocycles. The van der Waals surface area contributed by atoms with Gasteiger partial charge in [0.1, 0.15) is 0 Å². The van der Waals surface area contributed by atoms with Crippen LogP contribution in [-0.4, -0.2) is 76.6 Å². The predicted molar refractivity (Wildman–Crippen MR) is 131 cm³/mol. The number of anilines is 1. The number of hydrogen-bond donors (Lipinski definition) is 4. The van der Waals surface area contributed by atoms with Gasteiger partial charge in [-0.1, -0.05) is 6.07 Å². The average molecular weight is 479 g/mol. The molecule has 2 fully saturated rings. The molecule has 9 nitrogen and oxygen atoms in total. The Labute approximate surface area is 197 Å². The second-order valence-electron chi connectivity index (χ2n) is 9.72. The lowest BCUT2D eigenvalue weighted by Gasteiger charge is -2.37. The molecule has 10 heteroatoms. The Morgan fingerprint density at radius 2 is 1.58 bits per heavy atom. The molecule has 2 unspecified atom stereocenters. The van der Waals surface area contributed by atoms with Gasteiger partial charge in [-0.15, -0.1) is 0 Å². The first-order chi connectivity index (χ1) is 15.8. The number of nitrogens with one attached hydrogen (secondary N) is 3. The Morgan fingerprint density at radius 1 is 1.00 bits per heavy atom. The summed E-state index contributed by atoms with van der Waals surface area (Å²) in [5.74, 6) is 0. The SMILES string of the molecule is CN1CCC1CN.CN1CCC1CNS(=O)(=O)NC(=O)Nc1c2c(cc3c1CCC3)CCC2. The molecule has 0 spiro atoms. The summed E-state index contributed by atoms with van der Waals surface area (Å²) < 4.78 is 28.9. The topological polar surface area (TPSA) is 120 Å². The molecule has 1 aromatic carbocycles. The number of aryl methyl sites for hydroxylation is 2. The van der Waals surface area contributed by atoms with E-state index in [4.69, 9.17) is 5.73 Å². The van der Waals surface area contributed by atoms with E-state index in [9.17, 15) is 13.2 Å². The maximum Gasteiger partial charge on any atom is 0.333 e. The van der Waals surface area contributed by atoms with Crippen molar-refractivity contribution in [2.24, 2.45) is 5.73 Å². The van der Waals surface area contributed by atoms with E-state index >= 15 is 0 Å². The van der Waals surface area contributed by atoms with Gasteiger partial charge in [0, 0.05) is 30.9 Å². The van der Waals surface area contributed by atoms with Crippen molar-refractivity contribution in [3.05, 3.63) is 28.3 Å². The average Bonchev–Trinajstić information content (AvgIpc) is 3.41. The third-order valence-electron chi connectivity index (χ3n) is 7.60. The summed E-state index contributed by atoms with van der Waals surface area (Å²) in [7, 11) is 0.207. The lowest BCUT2D eigenvalue weighted by molar-refractivity contribution is 0.130. The van der Waals surface area contributed by atoms with Crippen molar-refractivity contribution in [3.8, 4) is 0 Å². The Bertz CT molecular complexity index is 949. The van der Waals surface area contributed by atoms with Crippen molar-refractivity contribution < 1.29 is 13.2 Å². The number of urea groups is 1. The second kappa shape index (κ2) is 10.3. The standard InChI is InChI=1S/C18H26N4O3S.C5H12N2/c1-22-9-8-14(22)11-19-26(24,25)21-18(23)20-17-15-6-2-4-12(15)10-13-5-3-7-16(13)17;1-7-3-2-5(7)4-6/h10,14,19H,2-9,11H2,1H3,(H2,20,21,23);5H,2-4,6H2,1H3. The van der Waals surface area contributed by atoms with Gasteiger partial charge in [-0.25, -0.2) is 9.52 Å². The fourth-order valence-electron chi connectivity index (χ4n) is 5.17. The van der Waals surface area contributed by atoms with Gasteiger partial charge < -0.3 is 20.9 Å². The number of carbonyl (C=O) groups is 1. The highest BCUT2D eigenvalue weighted by atomic mass is 32.2. The first-order valence-electron chi connectivity index (χ1n) is 12.1. The predicted octanol–water partition coefficient (Wildman–Crippen LogP) is 0.973. The molecule has 2 atom stereocenters. The molecular weight excluding hydrogens is 440 g/mol. The minimum absolute atomic E-state index is 0.204. The van der Waals surface area contributed by atoms with Crippen LogP contribution in [0.5, 0.6) is 0 Å². The summed E-state index contributed by atoms with van der Waals surface area (Å²) in [6.45, 7) is 3.36. The zero-order valence-corrected chi connectivity index (χ0v) is 20.6. The molecule has 4 aliphatic rings. The van der Waals surface area contributed by atoms with Gasteiger partial charge in [0.25, 0.3) is 0 Å². The summed E-state index contributed by atoms with van der Waals surface area (Å²) >= 11 is 0. The van der Waals surface area contributed by atoms with Crippen LogP contribution in [0.15, 0.2) is 6.07 Å². The highest BCUT2D eigenvalue weighted by Gasteiger charge is 2.28. The summed E-state index contributed by atoms with van der Waals surface area (Å²) in [6, 6.07) is 2.49. The van der Waals surface area contributed by atoms with Crippen LogP contribution in [0.4, 0.5) is 10.5 Å². The van der Waals surface area contributed by atoms with Crippen LogP contribution in [0.2, 0.25) is 0 Å². The minimum Gasteiger partial charge on any atom is -0.329 e. The highest BCUT2D eigenvalue weighted by molar-refractivity contribution is 7.88.